The number of ether oxygens (including phenoxy) is 1. The van der Waals surface area contributed by atoms with Crippen LogP contribution >= 0.6 is 0 Å². The van der Waals surface area contributed by atoms with Crippen molar-refractivity contribution in [2.75, 3.05) is 7.11 Å². The standard InChI is InChI=1S/C10H15NO5/c1-16-9(13)5-7(10(14)15)11-8(12)4-6-2-3-6/h6-7H,2-5H2,1H3,(H,11,12)(H,14,15)/t7-/m0/s1. The topological polar surface area (TPSA) is 92.7 Å². The Bertz CT molecular complexity index is 298. The molecule has 16 heavy (non-hydrogen) atoms. The van der Waals surface area contributed by atoms with Crippen LogP contribution in [0.1, 0.15) is 25.7 Å². The Kier molecular flexibility index (Phi) is 4.28. The number of aliphatic carboxylic acids is 1. The van der Waals surface area contributed by atoms with Gasteiger partial charge in [-0.15, -0.1) is 0 Å². The van der Waals surface area contributed by atoms with Gasteiger partial charge in [-0.3, -0.25) is 9.59 Å². The van der Waals surface area contributed by atoms with Crippen molar-refractivity contribution in [3.05, 3.63) is 0 Å². The zero-order valence-corrected chi connectivity index (χ0v) is 9.06. The van der Waals surface area contributed by atoms with Crippen molar-refractivity contribution < 1.29 is 24.2 Å². The molecule has 0 radical (unpaired) electrons. The van der Waals surface area contributed by atoms with E-state index in [2.05, 4.69) is 10.1 Å². The van der Waals surface area contributed by atoms with Crippen LogP contribution in [0.4, 0.5) is 0 Å². The largest absolute Gasteiger partial charge is 0.480 e. The van der Waals surface area contributed by atoms with Gasteiger partial charge in [0.05, 0.1) is 13.5 Å². The molecule has 0 aromatic rings. The molecule has 0 spiro atoms. The molecule has 6 heteroatoms. The van der Waals surface area contributed by atoms with E-state index in [1.54, 1.807) is 0 Å². The summed E-state index contributed by atoms with van der Waals surface area (Å²) in [7, 11) is 1.17. The minimum absolute atomic E-state index is 0.321. The highest BCUT2D eigenvalue weighted by Crippen LogP contribution is 2.32. The molecule has 1 amide bonds. The van der Waals surface area contributed by atoms with Gasteiger partial charge in [-0.25, -0.2) is 4.79 Å². The van der Waals surface area contributed by atoms with E-state index in [1.165, 1.54) is 7.11 Å². The molecule has 2 N–H and O–H groups in total. The Balaban J connectivity index is 2.39. The highest BCUT2D eigenvalue weighted by molar-refractivity contribution is 5.87. The minimum Gasteiger partial charge on any atom is -0.480 e. The van der Waals surface area contributed by atoms with Crippen LogP contribution in [-0.4, -0.2) is 36.1 Å². The molecule has 0 unspecified atom stereocenters. The Morgan fingerprint density at radius 3 is 2.50 bits per heavy atom. The highest BCUT2D eigenvalue weighted by atomic mass is 16.5. The smallest absolute Gasteiger partial charge is 0.326 e. The van der Waals surface area contributed by atoms with Gasteiger partial charge in [-0.2, -0.15) is 0 Å². The van der Waals surface area contributed by atoms with Crippen molar-refractivity contribution in [2.45, 2.75) is 31.7 Å². The van der Waals surface area contributed by atoms with E-state index in [4.69, 9.17) is 5.11 Å². The van der Waals surface area contributed by atoms with E-state index >= 15 is 0 Å². The minimum atomic E-state index is -1.23. The van der Waals surface area contributed by atoms with Crippen LogP contribution in [0.2, 0.25) is 0 Å². The van der Waals surface area contributed by atoms with Crippen molar-refractivity contribution in [1.82, 2.24) is 5.32 Å². The number of nitrogens with one attached hydrogen (secondary N) is 1. The van der Waals surface area contributed by atoms with Crippen molar-refractivity contribution in [3.8, 4) is 0 Å². The second kappa shape index (κ2) is 5.48. The molecule has 90 valence electrons. The highest BCUT2D eigenvalue weighted by Gasteiger charge is 2.28. The third-order valence-electron chi connectivity index (χ3n) is 2.40. The van der Waals surface area contributed by atoms with Gasteiger partial charge in [0.15, 0.2) is 0 Å². The molecule has 1 fully saturated rings. The van der Waals surface area contributed by atoms with Crippen molar-refractivity contribution in [2.24, 2.45) is 5.92 Å². The quantitative estimate of drug-likeness (QED) is 0.621. The number of methoxy groups -OCH3 is 1. The van der Waals surface area contributed by atoms with E-state index in [1.807, 2.05) is 0 Å². The number of hydrogen-bond donors (Lipinski definition) is 2. The summed E-state index contributed by atoms with van der Waals surface area (Å²) in [6, 6.07) is -1.20. The van der Waals surface area contributed by atoms with Gasteiger partial charge in [-0.1, -0.05) is 0 Å². The molecule has 1 atom stereocenters. The third kappa shape index (κ3) is 4.29. The number of carbonyl (C=O) groups is 3. The first-order valence-corrected chi connectivity index (χ1v) is 5.12. The summed E-state index contributed by atoms with van der Waals surface area (Å²) < 4.78 is 4.35. The zero-order valence-electron chi connectivity index (χ0n) is 9.06. The molecule has 0 aromatic carbocycles. The van der Waals surface area contributed by atoms with Gasteiger partial charge in [0.25, 0.3) is 0 Å². The molecule has 0 heterocycles. The predicted molar refractivity (Wildman–Crippen MR) is 53.5 cm³/mol. The predicted octanol–water partition coefficient (Wildman–Crippen LogP) is -0.0810. The Labute approximate surface area is 93.0 Å². The average Bonchev–Trinajstić information content (AvgIpc) is 3.00. The molecule has 1 saturated carbocycles. The number of esters is 1. The maximum atomic E-state index is 11.4. The number of carboxylic acid groups (broad SMARTS) is 1. The van der Waals surface area contributed by atoms with Gasteiger partial charge in [0.2, 0.25) is 5.91 Å². The number of carbonyl (C=O) groups excluding carboxylic acids is 2. The van der Waals surface area contributed by atoms with Crippen LogP contribution < -0.4 is 5.32 Å². The molecule has 0 bridgehead atoms. The fourth-order valence-electron chi connectivity index (χ4n) is 1.29. The average molecular weight is 229 g/mol. The first kappa shape index (κ1) is 12.5. The van der Waals surface area contributed by atoms with E-state index < -0.39 is 18.0 Å². The summed E-state index contributed by atoms with van der Waals surface area (Å²) >= 11 is 0. The second-order valence-electron chi connectivity index (χ2n) is 3.89. The van der Waals surface area contributed by atoms with E-state index in [0.29, 0.717) is 12.3 Å². The SMILES string of the molecule is COC(=O)C[C@H](NC(=O)CC1CC1)C(=O)O. The van der Waals surface area contributed by atoms with E-state index in [9.17, 15) is 14.4 Å². The number of carboxylic acids is 1. The number of hydrogen-bond acceptors (Lipinski definition) is 4. The molecular formula is C10H15NO5. The summed E-state index contributed by atoms with van der Waals surface area (Å²) in [5, 5.41) is 11.1. The first-order valence-electron chi connectivity index (χ1n) is 5.12. The van der Waals surface area contributed by atoms with Crippen LogP contribution in [0.5, 0.6) is 0 Å². The molecule has 6 nitrogen and oxygen atoms in total. The monoisotopic (exact) mass is 229 g/mol. The van der Waals surface area contributed by atoms with Crippen LogP contribution in [0.15, 0.2) is 0 Å². The Morgan fingerprint density at radius 2 is 2.06 bits per heavy atom. The van der Waals surface area contributed by atoms with Crippen molar-refractivity contribution in [1.29, 1.82) is 0 Å². The summed E-state index contributed by atoms with van der Waals surface area (Å²) in [4.78, 5) is 33.0. The van der Waals surface area contributed by atoms with E-state index in [0.717, 1.165) is 12.8 Å². The fraction of sp³-hybridized carbons (Fsp3) is 0.700. The Hall–Kier alpha value is -1.59. The number of rotatable bonds is 6. The van der Waals surface area contributed by atoms with Crippen LogP contribution in [-0.2, 0) is 19.1 Å². The fourth-order valence-corrected chi connectivity index (χ4v) is 1.29. The number of amides is 1. The Morgan fingerprint density at radius 1 is 1.44 bits per heavy atom. The van der Waals surface area contributed by atoms with Crippen LogP contribution in [0, 0.1) is 5.92 Å². The van der Waals surface area contributed by atoms with Gasteiger partial charge >= 0.3 is 11.9 Å². The summed E-state index contributed by atoms with van der Waals surface area (Å²) in [6.07, 6.45) is 2.03. The summed E-state index contributed by atoms with van der Waals surface area (Å²) in [6.45, 7) is 0. The lowest BCUT2D eigenvalue weighted by molar-refractivity contribution is -0.148. The lowest BCUT2D eigenvalue weighted by atomic mass is 10.2. The van der Waals surface area contributed by atoms with Crippen LogP contribution in [0.3, 0.4) is 0 Å². The summed E-state index contributed by atoms with van der Waals surface area (Å²) in [5.41, 5.74) is 0. The van der Waals surface area contributed by atoms with Gasteiger partial charge in [0.1, 0.15) is 6.04 Å². The lowest BCUT2D eigenvalue weighted by Crippen LogP contribution is -2.42. The third-order valence-corrected chi connectivity index (χ3v) is 2.40. The molecular weight excluding hydrogens is 214 g/mol. The zero-order chi connectivity index (χ0) is 12.1. The van der Waals surface area contributed by atoms with Crippen molar-refractivity contribution in [3.63, 3.8) is 0 Å². The normalized spacial score (nSPS) is 16.3. The van der Waals surface area contributed by atoms with E-state index in [-0.39, 0.29) is 12.3 Å². The van der Waals surface area contributed by atoms with Gasteiger partial charge in [0, 0.05) is 6.42 Å². The molecule has 0 aromatic heterocycles. The molecule has 0 aliphatic heterocycles. The summed E-state index contributed by atoms with van der Waals surface area (Å²) in [5.74, 6) is -1.82. The van der Waals surface area contributed by atoms with Crippen molar-refractivity contribution >= 4 is 17.8 Å². The van der Waals surface area contributed by atoms with Gasteiger partial charge in [-0.05, 0) is 18.8 Å². The lowest BCUT2D eigenvalue weighted by Gasteiger charge is -2.12. The molecule has 1 aliphatic carbocycles. The van der Waals surface area contributed by atoms with Crippen LogP contribution in [0.25, 0.3) is 0 Å². The maximum Gasteiger partial charge on any atom is 0.326 e. The molecule has 1 aliphatic rings. The molecule has 1 rings (SSSR count). The molecule has 0 saturated heterocycles. The maximum absolute atomic E-state index is 11.4. The first-order chi connectivity index (χ1) is 7.52. The van der Waals surface area contributed by atoms with Gasteiger partial charge < -0.3 is 15.2 Å². The second-order valence-corrected chi connectivity index (χ2v) is 3.89.